The molecule has 0 radical (unpaired) electrons. The number of amides is 2. The van der Waals surface area contributed by atoms with Crippen LogP contribution in [0, 0.1) is 0 Å². The van der Waals surface area contributed by atoms with E-state index in [0.717, 1.165) is 29.9 Å². The van der Waals surface area contributed by atoms with E-state index >= 15 is 0 Å². The van der Waals surface area contributed by atoms with Crippen LogP contribution >= 0.6 is 11.3 Å². The lowest BCUT2D eigenvalue weighted by Crippen LogP contribution is -2.44. The number of thiophene rings is 1. The van der Waals surface area contributed by atoms with Gasteiger partial charge in [0.2, 0.25) is 11.8 Å². The largest absolute Gasteiger partial charge is 0.420 e. The number of carbonyl (C=O) groups is 1. The number of benzene rings is 1. The van der Waals surface area contributed by atoms with Crippen LogP contribution in [0.25, 0.3) is 11.5 Å². The van der Waals surface area contributed by atoms with E-state index in [0.29, 0.717) is 31.1 Å². The van der Waals surface area contributed by atoms with Gasteiger partial charge in [-0.25, -0.2) is 4.79 Å². The maximum absolute atomic E-state index is 12.7. The molecule has 1 atom stereocenters. The predicted molar refractivity (Wildman–Crippen MR) is 105 cm³/mol. The fraction of sp³-hybridized carbons (Fsp3) is 0.350. The second-order valence-corrected chi connectivity index (χ2v) is 8.08. The van der Waals surface area contributed by atoms with Gasteiger partial charge in [0.05, 0.1) is 18.0 Å². The Labute approximate surface area is 174 Å². The zero-order valence-corrected chi connectivity index (χ0v) is 16.7. The van der Waals surface area contributed by atoms with Crippen LogP contribution in [0.4, 0.5) is 18.0 Å². The van der Waals surface area contributed by atoms with Crippen molar-refractivity contribution in [2.24, 2.45) is 0 Å². The lowest BCUT2D eigenvalue weighted by atomic mass is 9.98. The quantitative estimate of drug-likeness (QED) is 0.631. The molecule has 0 bridgehead atoms. The Morgan fingerprint density at radius 1 is 1.23 bits per heavy atom. The maximum atomic E-state index is 12.7. The van der Waals surface area contributed by atoms with Crippen LogP contribution in [0.1, 0.15) is 35.1 Å². The molecule has 1 aliphatic rings. The van der Waals surface area contributed by atoms with E-state index in [-0.39, 0.29) is 17.8 Å². The molecule has 2 aromatic heterocycles. The van der Waals surface area contributed by atoms with E-state index in [1.165, 1.54) is 12.1 Å². The first-order chi connectivity index (χ1) is 14.4. The van der Waals surface area contributed by atoms with Gasteiger partial charge < -0.3 is 14.6 Å². The number of aromatic nitrogens is 2. The van der Waals surface area contributed by atoms with Crippen molar-refractivity contribution in [1.82, 2.24) is 20.4 Å². The number of nitrogens with one attached hydrogen (secondary N) is 1. The molecule has 3 aromatic rings. The highest BCUT2D eigenvalue weighted by Crippen LogP contribution is 2.32. The molecular formula is C20H19F3N4O2S. The number of likely N-dealkylation sites (tertiary alicyclic amines) is 1. The fourth-order valence-electron chi connectivity index (χ4n) is 3.37. The van der Waals surface area contributed by atoms with Gasteiger partial charge in [0, 0.05) is 23.5 Å². The van der Waals surface area contributed by atoms with Gasteiger partial charge in [-0.1, -0.05) is 6.07 Å². The number of hydrogen-bond donors (Lipinski definition) is 1. The second kappa shape index (κ2) is 8.47. The molecular weight excluding hydrogens is 417 g/mol. The molecule has 1 fully saturated rings. The summed E-state index contributed by atoms with van der Waals surface area (Å²) in [5.74, 6) is 0.445. The minimum Gasteiger partial charge on any atom is -0.420 e. The third kappa shape index (κ3) is 4.64. The third-order valence-corrected chi connectivity index (χ3v) is 5.83. The molecule has 1 aromatic carbocycles. The number of carbonyl (C=O) groups excluding carboxylic acids is 1. The number of urea groups is 1. The van der Waals surface area contributed by atoms with E-state index in [9.17, 15) is 18.0 Å². The van der Waals surface area contributed by atoms with Crippen molar-refractivity contribution in [1.29, 1.82) is 0 Å². The van der Waals surface area contributed by atoms with Crippen LogP contribution in [0.15, 0.2) is 46.2 Å². The molecule has 0 saturated carbocycles. The van der Waals surface area contributed by atoms with Gasteiger partial charge in [-0.05, 0) is 48.6 Å². The maximum Gasteiger partial charge on any atom is 0.416 e. The smallest absolute Gasteiger partial charge is 0.416 e. The first-order valence-corrected chi connectivity index (χ1v) is 10.3. The summed E-state index contributed by atoms with van der Waals surface area (Å²) in [6, 6.07) is 8.35. The van der Waals surface area contributed by atoms with Crippen LogP contribution in [0.2, 0.25) is 0 Å². The Hall–Kier alpha value is -2.88. The van der Waals surface area contributed by atoms with E-state index in [4.69, 9.17) is 4.42 Å². The second-order valence-electron chi connectivity index (χ2n) is 7.04. The molecule has 10 heteroatoms. The summed E-state index contributed by atoms with van der Waals surface area (Å²) in [6.07, 6.45) is -2.80. The number of piperidine rings is 1. The molecule has 4 rings (SSSR count). The Morgan fingerprint density at radius 3 is 2.73 bits per heavy atom. The summed E-state index contributed by atoms with van der Waals surface area (Å²) in [4.78, 5) is 15.3. The van der Waals surface area contributed by atoms with Crippen molar-refractivity contribution in [3.63, 3.8) is 0 Å². The molecule has 2 amide bonds. The minimum absolute atomic E-state index is 0.109. The molecule has 1 N–H and O–H groups in total. The summed E-state index contributed by atoms with van der Waals surface area (Å²) in [5, 5.41) is 12.9. The molecule has 1 aliphatic heterocycles. The Morgan fingerprint density at radius 2 is 2.03 bits per heavy atom. The summed E-state index contributed by atoms with van der Waals surface area (Å²) < 4.78 is 43.9. The van der Waals surface area contributed by atoms with Gasteiger partial charge in [-0.2, -0.15) is 13.2 Å². The van der Waals surface area contributed by atoms with Crippen molar-refractivity contribution in [3.05, 3.63) is 58.1 Å². The molecule has 1 unspecified atom stereocenters. The van der Waals surface area contributed by atoms with Gasteiger partial charge >= 0.3 is 12.2 Å². The molecule has 6 nitrogen and oxygen atoms in total. The van der Waals surface area contributed by atoms with Crippen molar-refractivity contribution in [2.45, 2.75) is 31.5 Å². The summed E-state index contributed by atoms with van der Waals surface area (Å²) in [7, 11) is 0. The topological polar surface area (TPSA) is 71.3 Å². The Bertz CT molecular complexity index is 986. The number of nitrogens with zero attached hydrogens (tertiary/aromatic N) is 3. The van der Waals surface area contributed by atoms with Crippen LogP contribution in [0.5, 0.6) is 0 Å². The standard InChI is InChI=1S/C20H19F3N4O2S/c21-20(22,23)15-7-5-13(6-8-15)17-25-26-18(29-17)14-3-1-9-27(12-14)19(28)24-11-16-4-2-10-30-16/h2,4-8,10,14H,1,3,9,11-12H2,(H,24,28). The Kier molecular flexibility index (Phi) is 5.76. The highest BCUT2D eigenvalue weighted by atomic mass is 32.1. The van der Waals surface area contributed by atoms with Crippen LogP contribution in [-0.4, -0.2) is 34.2 Å². The third-order valence-electron chi connectivity index (χ3n) is 4.95. The first kappa shape index (κ1) is 20.4. The van der Waals surface area contributed by atoms with Crippen molar-refractivity contribution in [3.8, 4) is 11.5 Å². The number of hydrogen-bond acceptors (Lipinski definition) is 5. The van der Waals surface area contributed by atoms with Gasteiger partial charge in [0.15, 0.2) is 0 Å². The number of alkyl halides is 3. The molecule has 30 heavy (non-hydrogen) atoms. The van der Waals surface area contributed by atoms with Crippen LogP contribution in [0.3, 0.4) is 0 Å². The molecule has 0 aliphatic carbocycles. The summed E-state index contributed by atoms with van der Waals surface area (Å²) in [5.41, 5.74) is -0.314. The van der Waals surface area contributed by atoms with Crippen LogP contribution < -0.4 is 5.32 Å². The molecule has 0 spiro atoms. The molecule has 158 valence electrons. The van der Waals surface area contributed by atoms with Crippen LogP contribution in [-0.2, 0) is 12.7 Å². The highest BCUT2D eigenvalue weighted by Gasteiger charge is 2.31. The van der Waals surface area contributed by atoms with Crippen molar-refractivity contribution >= 4 is 17.4 Å². The SMILES string of the molecule is O=C(NCc1cccs1)N1CCCC(c2nnc(-c3ccc(C(F)(F)F)cc3)o2)C1. The zero-order chi connectivity index (χ0) is 21.1. The van der Waals surface area contributed by atoms with E-state index in [1.54, 1.807) is 16.2 Å². The van der Waals surface area contributed by atoms with Gasteiger partial charge in [0.1, 0.15) is 0 Å². The van der Waals surface area contributed by atoms with Crippen molar-refractivity contribution in [2.75, 3.05) is 13.1 Å². The first-order valence-electron chi connectivity index (χ1n) is 9.46. The lowest BCUT2D eigenvalue weighted by Gasteiger charge is -2.31. The average Bonchev–Trinajstić information content (AvgIpc) is 3.44. The van der Waals surface area contributed by atoms with E-state index < -0.39 is 11.7 Å². The Balaban J connectivity index is 1.39. The fourth-order valence-corrected chi connectivity index (χ4v) is 4.01. The minimum atomic E-state index is -4.39. The van der Waals surface area contributed by atoms with Gasteiger partial charge in [-0.15, -0.1) is 21.5 Å². The predicted octanol–water partition coefficient (Wildman–Crippen LogP) is 4.91. The molecule has 1 saturated heterocycles. The normalized spacial score (nSPS) is 17.2. The van der Waals surface area contributed by atoms with Gasteiger partial charge in [-0.3, -0.25) is 0 Å². The highest BCUT2D eigenvalue weighted by molar-refractivity contribution is 7.09. The number of halogens is 3. The molecule has 3 heterocycles. The summed E-state index contributed by atoms with van der Waals surface area (Å²) in [6.45, 7) is 1.58. The average molecular weight is 436 g/mol. The van der Waals surface area contributed by atoms with Crippen molar-refractivity contribution < 1.29 is 22.4 Å². The monoisotopic (exact) mass is 436 g/mol. The number of rotatable bonds is 4. The summed E-state index contributed by atoms with van der Waals surface area (Å²) >= 11 is 1.58. The van der Waals surface area contributed by atoms with E-state index in [1.807, 2.05) is 17.5 Å². The van der Waals surface area contributed by atoms with Gasteiger partial charge in [0.25, 0.3) is 0 Å². The zero-order valence-electron chi connectivity index (χ0n) is 15.9. The van der Waals surface area contributed by atoms with E-state index in [2.05, 4.69) is 15.5 Å². The lowest BCUT2D eigenvalue weighted by molar-refractivity contribution is -0.137.